The number of rotatable bonds is 6. The number of likely N-dealkylation sites (N-methyl/N-ethyl adjacent to an activating group) is 1. The van der Waals surface area contributed by atoms with E-state index in [-0.39, 0.29) is 23.0 Å². The first-order valence-corrected chi connectivity index (χ1v) is 10.2. The van der Waals surface area contributed by atoms with Gasteiger partial charge in [-0.25, -0.2) is 0 Å². The molecule has 1 unspecified atom stereocenters. The van der Waals surface area contributed by atoms with Crippen LogP contribution in [0, 0.1) is 0 Å². The number of nitrogens with one attached hydrogen (secondary N) is 2. The highest BCUT2D eigenvalue weighted by Crippen LogP contribution is 2.33. The van der Waals surface area contributed by atoms with Gasteiger partial charge in [0.2, 0.25) is 0 Å². The standard InChI is InChI=1S/C22H23F6N3O/c1-2-31-8-4-7-19(31)13-29-18-10-14(9-16(12-18)22(26,27)28)20(32)30-17-6-3-5-15(11-17)21(23,24)25/h3,5-6,9-12,19,29H,2,4,7-8,13H2,1H3,(H,30,32). The van der Waals surface area contributed by atoms with E-state index in [0.717, 1.165) is 50.2 Å². The Morgan fingerprint density at radius 1 is 1.00 bits per heavy atom. The van der Waals surface area contributed by atoms with Crippen LogP contribution in [0.1, 0.15) is 41.3 Å². The molecule has 1 atom stereocenters. The van der Waals surface area contributed by atoms with E-state index in [1.165, 1.54) is 12.1 Å². The molecule has 0 saturated carbocycles. The predicted molar refractivity (Wildman–Crippen MR) is 110 cm³/mol. The molecular weight excluding hydrogens is 436 g/mol. The van der Waals surface area contributed by atoms with E-state index in [4.69, 9.17) is 0 Å². The molecule has 10 heteroatoms. The van der Waals surface area contributed by atoms with Gasteiger partial charge in [-0.2, -0.15) is 26.3 Å². The van der Waals surface area contributed by atoms with Crippen molar-refractivity contribution in [2.75, 3.05) is 30.3 Å². The first kappa shape index (κ1) is 23.9. The Bertz CT molecular complexity index is 957. The van der Waals surface area contributed by atoms with Crippen molar-refractivity contribution in [2.45, 2.75) is 38.2 Å². The highest BCUT2D eigenvalue weighted by molar-refractivity contribution is 6.05. The molecule has 2 N–H and O–H groups in total. The van der Waals surface area contributed by atoms with Crippen molar-refractivity contribution in [3.05, 3.63) is 59.2 Å². The molecule has 1 amide bonds. The summed E-state index contributed by atoms with van der Waals surface area (Å²) in [6.45, 7) is 4.19. The van der Waals surface area contributed by atoms with E-state index in [2.05, 4.69) is 15.5 Å². The molecule has 32 heavy (non-hydrogen) atoms. The molecule has 1 aliphatic rings. The molecular formula is C22H23F6N3O. The van der Waals surface area contributed by atoms with Crippen LogP contribution in [0.3, 0.4) is 0 Å². The first-order chi connectivity index (χ1) is 15.0. The maximum atomic E-state index is 13.4. The minimum absolute atomic E-state index is 0.122. The normalized spacial score (nSPS) is 17.4. The number of nitrogens with zero attached hydrogens (tertiary/aromatic N) is 1. The maximum absolute atomic E-state index is 13.4. The van der Waals surface area contributed by atoms with Crippen molar-refractivity contribution >= 4 is 17.3 Å². The topological polar surface area (TPSA) is 44.4 Å². The molecule has 1 saturated heterocycles. The highest BCUT2D eigenvalue weighted by Gasteiger charge is 2.33. The van der Waals surface area contributed by atoms with Crippen LogP contribution in [0.25, 0.3) is 0 Å². The van der Waals surface area contributed by atoms with Crippen molar-refractivity contribution in [2.24, 2.45) is 0 Å². The minimum Gasteiger partial charge on any atom is -0.383 e. The summed E-state index contributed by atoms with van der Waals surface area (Å²) in [5, 5.41) is 5.23. The van der Waals surface area contributed by atoms with Crippen molar-refractivity contribution in [3.8, 4) is 0 Å². The molecule has 2 aromatic carbocycles. The monoisotopic (exact) mass is 459 g/mol. The third-order valence-corrected chi connectivity index (χ3v) is 5.42. The third-order valence-electron chi connectivity index (χ3n) is 5.42. The molecule has 0 aliphatic carbocycles. The minimum atomic E-state index is -4.69. The van der Waals surface area contributed by atoms with Gasteiger partial charge in [-0.05, 0) is 62.3 Å². The van der Waals surface area contributed by atoms with Crippen LogP contribution in [0.5, 0.6) is 0 Å². The van der Waals surface area contributed by atoms with Crippen molar-refractivity contribution < 1.29 is 31.1 Å². The summed E-state index contributed by atoms with van der Waals surface area (Å²) in [7, 11) is 0. The molecule has 1 heterocycles. The Balaban J connectivity index is 1.82. The number of carbonyl (C=O) groups excluding carboxylic acids is 1. The molecule has 0 spiro atoms. The number of hydrogen-bond acceptors (Lipinski definition) is 3. The molecule has 0 aromatic heterocycles. The Hall–Kier alpha value is -2.75. The average molecular weight is 459 g/mol. The van der Waals surface area contributed by atoms with Gasteiger partial charge in [0.05, 0.1) is 11.1 Å². The molecule has 174 valence electrons. The van der Waals surface area contributed by atoms with Gasteiger partial charge in [-0.3, -0.25) is 9.69 Å². The van der Waals surface area contributed by atoms with Crippen LogP contribution < -0.4 is 10.6 Å². The van der Waals surface area contributed by atoms with Gasteiger partial charge in [0, 0.05) is 29.5 Å². The number of anilines is 2. The molecule has 1 fully saturated rings. The number of likely N-dealkylation sites (tertiary alicyclic amines) is 1. The zero-order valence-electron chi connectivity index (χ0n) is 17.3. The van der Waals surface area contributed by atoms with Gasteiger partial charge >= 0.3 is 12.4 Å². The van der Waals surface area contributed by atoms with E-state index >= 15 is 0 Å². The number of halogens is 6. The van der Waals surface area contributed by atoms with Crippen molar-refractivity contribution in [1.82, 2.24) is 4.90 Å². The summed E-state index contributed by atoms with van der Waals surface area (Å²) in [5.41, 5.74) is -2.34. The van der Waals surface area contributed by atoms with Crippen LogP contribution in [-0.4, -0.2) is 36.5 Å². The molecule has 4 nitrogen and oxygen atoms in total. The van der Waals surface area contributed by atoms with E-state index in [1.54, 1.807) is 0 Å². The van der Waals surface area contributed by atoms with Gasteiger partial charge in [0.25, 0.3) is 5.91 Å². The van der Waals surface area contributed by atoms with Crippen LogP contribution >= 0.6 is 0 Å². The largest absolute Gasteiger partial charge is 0.416 e. The molecule has 3 rings (SSSR count). The Morgan fingerprint density at radius 3 is 2.34 bits per heavy atom. The second-order valence-electron chi connectivity index (χ2n) is 7.64. The Labute approximate surface area is 181 Å². The number of amides is 1. The number of carbonyl (C=O) groups is 1. The molecule has 0 radical (unpaired) electrons. The zero-order valence-corrected chi connectivity index (χ0v) is 17.3. The van der Waals surface area contributed by atoms with Crippen molar-refractivity contribution in [3.63, 3.8) is 0 Å². The molecule has 2 aromatic rings. The van der Waals surface area contributed by atoms with Gasteiger partial charge in [-0.1, -0.05) is 13.0 Å². The van der Waals surface area contributed by atoms with E-state index in [0.29, 0.717) is 12.6 Å². The fourth-order valence-corrected chi connectivity index (χ4v) is 3.78. The zero-order chi connectivity index (χ0) is 23.5. The fourth-order valence-electron chi connectivity index (χ4n) is 3.78. The first-order valence-electron chi connectivity index (χ1n) is 10.2. The summed E-state index contributed by atoms with van der Waals surface area (Å²) in [4.78, 5) is 14.8. The quantitative estimate of drug-likeness (QED) is 0.531. The second-order valence-corrected chi connectivity index (χ2v) is 7.64. The van der Waals surface area contributed by atoms with E-state index in [9.17, 15) is 31.1 Å². The molecule has 1 aliphatic heterocycles. The Kier molecular flexibility index (Phi) is 7.02. The van der Waals surface area contributed by atoms with Gasteiger partial charge in [-0.15, -0.1) is 0 Å². The lowest BCUT2D eigenvalue weighted by Gasteiger charge is -2.23. The second kappa shape index (κ2) is 9.40. The smallest absolute Gasteiger partial charge is 0.383 e. The van der Waals surface area contributed by atoms with Gasteiger partial charge < -0.3 is 10.6 Å². The number of alkyl halides is 6. The summed E-state index contributed by atoms with van der Waals surface area (Å²) in [5.74, 6) is -0.936. The highest BCUT2D eigenvalue weighted by atomic mass is 19.4. The summed E-state index contributed by atoms with van der Waals surface area (Å²) in [6.07, 6.45) is -7.37. The van der Waals surface area contributed by atoms with Crippen LogP contribution in [-0.2, 0) is 12.4 Å². The van der Waals surface area contributed by atoms with Gasteiger partial charge in [0.1, 0.15) is 0 Å². The van der Waals surface area contributed by atoms with Crippen LogP contribution in [0.2, 0.25) is 0 Å². The number of benzene rings is 2. The summed E-state index contributed by atoms with van der Waals surface area (Å²) < 4.78 is 78.8. The Morgan fingerprint density at radius 2 is 1.69 bits per heavy atom. The van der Waals surface area contributed by atoms with E-state index < -0.39 is 29.4 Å². The summed E-state index contributed by atoms with van der Waals surface area (Å²) in [6, 6.07) is 6.96. The van der Waals surface area contributed by atoms with E-state index in [1.807, 2.05) is 6.92 Å². The lowest BCUT2D eigenvalue weighted by molar-refractivity contribution is -0.138. The van der Waals surface area contributed by atoms with Gasteiger partial charge in [0.15, 0.2) is 0 Å². The SMILES string of the molecule is CCN1CCCC1CNc1cc(C(=O)Nc2cccc(C(F)(F)F)c2)cc(C(F)(F)F)c1. The third kappa shape index (κ3) is 5.93. The predicted octanol–water partition coefficient (Wildman–Crippen LogP) is 5.87. The lowest BCUT2D eigenvalue weighted by atomic mass is 10.1. The average Bonchev–Trinajstić information content (AvgIpc) is 3.18. The van der Waals surface area contributed by atoms with Crippen LogP contribution in [0.15, 0.2) is 42.5 Å². The molecule has 0 bridgehead atoms. The number of hydrogen-bond donors (Lipinski definition) is 2. The summed E-state index contributed by atoms with van der Waals surface area (Å²) >= 11 is 0. The lowest BCUT2D eigenvalue weighted by Crippen LogP contribution is -2.34. The van der Waals surface area contributed by atoms with Crippen LogP contribution in [0.4, 0.5) is 37.7 Å². The fraction of sp³-hybridized carbons (Fsp3) is 0.409. The maximum Gasteiger partial charge on any atom is 0.416 e. The van der Waals surface area contributed by atoms with Crippen molar-refractivity contribution in [1.29, 1.82) is 0 Å².